The number of rotatable bonds is 2. The third kappa shape index (κ3) is 2.23. The number of fused-ring (bicyclic) bond motifs is 1. The van der Waals surface area contributed by atoms with E-state index in [9.17, 15) is 9.59 Å². The Kier molecular flexibility index (Phi) is 3.40. The number of carboxylic acids is 1. The highest BCUT2D eigenvalue weighted by Gasteiger charge is 2.08. The summed E-state index contributed by atoms with van der Waals surface area (Å²) in [6, 6.07) is 10.4. The summed E-state index contributed by atoms with van der Waals surface area (Å²) in [4.78, 5) is 21.3. The molecule has 1 N–H and O–H groups in total. The molecule has 2 aromatic carbocycles. The van der Waals surface area contributed by atoms with Gasteiger partial charge in [0.15, 0.2) is 0 Å². The first kappa shape index (κ1) is 11.9. The van der Waals surface area contributed by atoms with Crippen LogP contribution in [0.15, 0.2) is 36.4 Å². The topological polar surface area (TPSA) is 54.4 Å². The van der Waals surface area contributed by atoms with Gasteiger partial charge in [-0.2, -0.15) is 0 Å². The predicted octanol–water partition coefficient (Wildman–Crippen LogP) is 2.48. The lowest BCUT2D eigenvalue weighted by Gasteiger charge is -2.03. The predicted molar refractivity (Wildman–Crippen MR) is 68.5 cm³/mol. The lowest BCUT2D eigenvalue weighted by Crippen LogP contribution is -1.97. The van der Waals surface area contributed by atoms with Crippen LogP contribution in [0.3, 0.4) is 0 Å². The highest BCUT2D eigenvalue weighted by molar-refractivity contribution is 6.05. The smallest absolute Gasteiger partial charge is 0.336 e. The van der Waals surface area contributed by atoms with Crippen LogP contribution >= 0.6 is 0 Å². The van der Waals surface area contributed by atoms with E-state index in [-0.39, 0.29) is 12.0 Å². The molecule has 2 rings (SSSR count). The summed E-state index contributed by atoms with van der Waals surface area (Å²) in [5.41, 5.74) is 0.990. The zero-order valence-electron chi connectivity index (χ0n) is 9.51. The molecule has 0 bridgehead atoms. The van der Waals surface area contributed by atoms with Crippen molar-refractivity contribution in [3.63, 3.8) is 0 Å². The molecule has 0 fully saturated rings. The van der Waals surface area contributed by atoms with Gasteiger partial charge in [-0.05, 0) is 22.9 Å². The number of aromatic carboxylic acids is 1. The van der Waals surface area contributed by atoms with Gasteiger partial charge in [0.05, 0.1) is 12.0 Å². The Morgan fingerprint density at radius 2 is 1.89 bits per heavy atom. The molecule has 0 unspecified atom stereocenters. The number of carbonyl (C=O) groups excluding carboxylic acids is 1. The molecule has 88 valence electrons. The molecule has 0 radical (unpaired) electrons. The number of aldehydes is 1. The maximum Gasteiger partial charge on any atom is 0.336 e. The largest absolute Gasteiger partial charge is 0.478 e. The average molecular weight is 238 g/mol. The monoisotopic (exact) mass is 238 g/mol. The standard InChI is InChI=1S/C15H10O3/c16-10-2-1-5-11-6-3-8-13-12(11)7-4-9-14(13)15(17)18/h3-4,6-10H,2H2,(H,17,18). The third-order valence-corrected chi connectivity index (χ3v) is 2.56. The zero-order valence-corrected chi connectivity index (χ0v) is 9.51. The Labute approximate surface area is 104 Å². The van der Waals surface area contributed by atoms with E-state index in [0.29, 0.717) is 5.39 Å². The minimum absolute atomic E-state index is 0.176. The van der Waals surface area contributed by atoms with Crippen LogP contribution in [0.1, 0.15) is 22.3 Å². The van der Waals surface area contributed by atoms with Gasteiger partial charge in [0.25, 0.3) is 0 Å². The SMILES string of the molecule is O=CCC#Cc1cccc2c(C(=O)O)cccc12. The van der Waals surface area contributed by atoms with Crippen LogP contribution in [0.2, 0.25) is 0 Å². The van der Waals surface area contributed by atoms with Crippen LogP contribution in [0.5, 0.6) is 0 Å². The molecular formula is C15H10O3. The van der Waals surface area contributed by atoms with Gasteiger partial charge < -0.3 is 9.90 Å². The van der Waals surface area contributed by atoms with Gasteiger partial charge in [-0.3, -0.25) is 0 Å². The average Bonchev–Trinajstić information content (AvgIpc) is 2.38. The second kappa shape index (κ2) is 5.15. The molecule has 0 amide bonds. The van der Waals surface area contributed by atoms with E-state index < -0.39 is 5.97 Å². The summed E-state index contributed by atoms with van der Waals surface area (Å²) in [6.45, 7) is 0. The normalized spacial score (nSPS) is 9.56. The molecule has 2 aromatic rings. The van der Waals surface area contributed by atoms with Crippen molar-refractivity contribution in [1.29, 1.82) is 0 Å². The summed E-state index contributed by atoms with van der Waals surface area (Å²) in [6.07, 6.45) is 0.913. The fraction of sp³-hybridized carbons (Fsp3) is 0.0667. The fourth-order valence-electron chi connectivity index (χ4n) is 1.79. The number of carboxylic acid groups (broad SMARTS) is 1. The van der Waals surface area contributed by atoms with Crippen LogP contribution in [-0.4, -0.2) is 17.4 Å². The van der Waals surface area contributed by atoms with Gasteiger partial charge in [-0.25, -0.2) is 4.79 Å². The minimum Gasteiger partial charge on any atom is -0.478 e. The molecule has 0 aliphatic carbocycles. The zero-order chi connectivity index (χ0) is 13.0. The van der Waals surface area contributed by atoms with E-state index in [1.165, 1.54) is 0 Å². The summed E-state index contributed by atoms with van der Waals surface area (Å²) in [7, 11) is 0. The van der Waals surface area contributed by atoms with Crippen molar-refractivity contribution in [3.8, 4) is 11.8 Å². The van der Waals surface area contributed by atoms with Crippen molar-refractivity contribution >= 4 is 23.0 Å². The quantitative estimate of drug-likeness (QED) is 0.646. The fourth-order valence-corrected chi connectivity index (χ4v) is 1.79. The summed E-state index contributed by atoms with van der Waals surface area (Å²) < 4.78 is 0. The van der Waals surface area contributed by atoms with Crippen molar-refractivity contribution in [2.24, 2.45) is 0 Å². The van der Waals surface area contributed by atoms with E-state index in [2.05, 4.69) is 11.8 Å². The van der Waals surface area contributed by atoms with Crippen molar-refractivity contribution in [2.75, 3.05) is 0 Å². The van der Waals surface area contributed by atoms with Crippen LogP contribution in [0.25, 0.3) is 10.8 Å². The Balaban J connectivity index is 2.65. The van der Waals surface area contributed by atoms with Crippen LogP contribution in [0.4, 0.5) is 0 Å². The van der Waals surface area contributed by atoms with Gasteiger partial charge >= 0.3 is 5.97 Å². The van der Waals surface area contributed by atoms with Gasteiger partial charge in [0.2, 0.25) is 0 Å². The Bertz CT molecular complexity index is 675. The first-order valence-corrected chi connectivity index (χ1v) is 5.41. The van der Waals surface area contributed by atoms with Crippen molar-refractivity contribution in [2.45, 2.75) is 6.42 Å². The molecule has 3 nitrogen and oxygen atoms in total. The lowest BCUT2D eigenvalue weighted by molar-refractivity contribution is -0.107. The van der Waals surface area contributed by atoms with Gasteiger partial charge in [0.1, 0.15) is 6.29 Å². The van der Waals surface area contributed by atoms with E-state index >= 15 is 0 Å². The van der Waals surface area contributed by atoms with Crippen LogP contribution in [-0.2, 0) is 4.79 Å². The highest BCUT2D eigenvalue weighted by Crippen LogP contribution is 2.22. The van der Waals surface area contributed by atoms with Gasteiger partial charge in [0, 0.05) is 5.56 Å². The maximum atomic E-state index is 11.1. The van der Waals surface area contributed by atoms with Crippen molar-refractivity contribution < 1.29 is 14.7 Å². The molecule has 0 aromatic heterocycles. The molecule has 3 heteroatoms. The molecule has 0 spiro atoms. The first-order chi connectivity index (χ1) is 8.74. The Morgan fingerprint density at radius 3 is 2.61 bits per heavy atom. The molecule has 0 aliphatic heterocycles. The molecule has 0 heterocycles. The maximum absolute atomic E-state index is 11.1. The van der Waals surface area contributed by atoms with E-state index in [1.54, 1.807) is 24.3 Å². The summed E-state index contributed by atoms with van der Waals surface area (Å²) in [5.74, 6) is 4.65. The highest BCUT2D eigenvalue weighted by atomic mass is 16.4. The number of hydrogen-bond acceptors (Lipinski definition) is 2. The van der Waals surface area contributed by atoms with Crippen LogP contribution < -0.4 is 0 Å². The van der Waals surface area contributed by atoms with Gasteiger partial charge in [-0.15, -0.1) is 0 Å². The Morgan fingerprint density at radius 1 is 1.17 bits per heavy atom. The van der Waals surface area contributed by atoms with Crippen molar-refractivity contribution in [1.82, 2.24) is 0 Å². The van der Waals surface area contributed by atoms with E-state index in [4.69, 9.17) is 5.11 Å². The number of carbonyl (C=O) groups is 2. The van der Waals surface area contributed by atoms with Crippen molar-refractivity contribution in [3.05, 3.63) is 47.5 Å². The molecule has 0 saturated carbocycles. The summed E-state index contributed by atoms with van der Waals surface area (Å²) in [5, 5.41) is 10.5. The van der Waals surface area contributed by atoms with E-state index in [1.807, 2.05) is 12.1 Å². The van der Waals surface area contributed by atoms with E-state index in [0.717, 1.165) is 17.2 Å². The molecule has 0 aliphatic rings. The first-order valence-electron chi connectivity index (χ1n) is 5.41. The Hall–Kier alpha value is -2.60. The third-order valence-electron chi connectivity index (χ3n) is 2.56. The lowest BCUT2D eigenvalue weighted by atomic mass is 10.0. The molecule has 0 saturated heterocycles. The number of benzene rings is 2. The molecular weight excluding hydrogens is 228 g/mol. The minimum atomic E-state index is -0.960. The molecule has 0 atom stereocenters. The second-order valence-corrected chi connectivity index (χ2v) is 3.68. The number of hydrogen-bond donors (Lipinski definition) is 1. The molecule has 18 heavy (non-hydrogen) atoms. The van der Waals surface area contributed by atoms with Crippen LogP contribution in [0, 0.1) is 11.8 Å². The second-order valence-electron chi connectivity index (χ2n) is 3.68. The van der Waals surface area contributed by atoms with Gasteiger partial charge in [-0.1, -0.05) is 36.1 Å². The summed E-state index contributed by atoms with van der Waals surface area (Å²) >= 11 is 0.